The lowest BCUT2D eigenvalue weighted by Crippen LogP contribution is -2.32. The average Bonchev–Trinajstić information content (AvgIpc) is 2.51. The fourth-order valence-corrected chi connectivity index (χ4v) is 2.67. The van der Waals surface area contributed by atoms with Crippen LogP contribution in [0.4, 0.5) is 5.69 Å². The molecule has 0 heterocycles. The number of carbonyl (C=O) groups is 2. The molecule has 2 atom stereocenters. The van der Waals surface area contributed by atoms with E-state index in [2.05, 4.69) is 5.32 Å². The number of benzene rings is 1. The molecule has 0 saturated carbocycles. The summed E-state index contributed by atoms with van der Waals surface area (Å²) in [5.41, 5.74) is 0.319. The molecule has 0 fully saturated rings. The topological polar surface area (TPSA) is 55.4 Å². The molecule has 0 unspecified atom stereocenters. The maximum atomic E-state index is 12.1. The molecule has 2 rings (SSSR count). The average molecular weight is 342 g/mol. The predicted octanol–water partition coefficient (Wildman–Crippen LogP) is 4.22. The molecule has 0 saturated heterocycles. The van der Waals surface area contributed by atoms with Gasteiger partial charge in [0.15, 0.2) is 6.10 Å². The van der Waals surface area contributed by atoms with Crippen molar-refractivity contribution in [1.82, 2.24) is 0 Å². The summed E-state index contributed by atoms with van der Waals surface area (Å²) in [6.45, 7) is 1.52. The highest BCUT2D eigenvalue weighted by atomic mass is 35.5. The van der Waals surface area contributed by atoms with Crippen LogP contribution in [-0.4, -0.2) is 18.0 Å². The van der Waals surface area contributed by atoms with Crippen LogP contribution in [0.1, 0.15) is 26.2 Å². The molecule has 1 aliphatic carbocycles. The van der Waals surface area contributed by atoms with Crippen LogP contribution in [0, 0.1) is 5.92 Å². The Hall–Kier alpha value is -1.52. The monoisotopic (exact) mass is 341 g/mol. The molecule has 1 N–H and O–H groups in total. The maximum Gasteiger partial charge on any atom is 0.310 e. The number of allylic oxidation sites excluding steroid dienone is 2. The predicted molar refractivity (Wildman–Crippen MR) is 87.1 cm³/mol. The number of anilines is 1. The van der Waals surface area contributed by atoms with Crippen molar-refractivity contribution in [3.8, 4) is 0 Å². The Bertz CT molecular complexity index is 581. The second-order valence-corrected chi connectivity index (χ2v) is 5.96. The molecule has 6 heteroatoms. The first kappa shape index (κ1) is 16.8. The Morgan fingerprint density at radius 1 is 1.27 bits per heavy atom. The van der Waals surface area contributed by atoms with Gasteiger partial charge in [-0.2, -0.15) is 0 Å². The molecule has 1 aliphatic rings. The van der Waals surface area contributed by atoms with Crippen LogP contribution in [0.15, 0.2) is 30.4 Å². The number of nitrogens with one attached hydrogen (secondary N) is 1. The van der Waals surface area contributed by atoms with Gasteiger partial charge in [-0.3, -0.25) is 9.59 Å². The minimum Gasteiger partial charge on any atom is -0.452 e. The minimum absolute atomic E-state index is 0.177. The van der Waals surface area contributed by atoms with Crippen molar-refractivity contribution >= 4 is 40.8 Å². The summed E-state index contributed by atoms with van der Waals surface area (Å²) in [4.78, 5) is 24.1. The summed E-state index contributed by atoms with van der Waals surface area (Å²) < 4.78 is 5.23. The largest absolute Gasteiger partial charge is 0.452 e. The van der Waals surface area contributed by atoms with Crippen LogP contribution in [0.25, 0.3) is 0 Å². The van der Waals surface area contributed by atoms with Crippen molar-refractivity contribution < 1.29 is 14.3 Å². The summed E-state index contributed by atoms with van der Waals surface area (Å²) in [5, 5.41) is 3.25. The van der Waals surface area contributed by atoms with E-state index in [9.17, 15) is 9.59 Å². The van der Waals surface area contributed by atoms with Crippen LogP contribution < -0.4 is 5.32 Å². The van der Waals surface area contributed by atoms with E-state index in [0.29, 0.717) is 22.2 Å². The summed E-state index contributed by atoms with van der Waals surface area (Å²) in [5.74, 6) is -0.990. The van der Waals surface area contributed by atoms with Crippen molar-refractivity contribution in [2.45, 2.75) is 32.3 Å². The quantitative estimate of drug-likeness (QED) is 0.658. The zero-order valence-electron chi connectivity index (χ0n) is 12.1. The van der Waals surface area contributed by atoms with Gasteiger partial charge >= 0.3 is 5.97 Å². The smallest absolute Gasteiger partial charge is 0.310 e. The van der Waals surface area contributed by atoms with E-state index in [4.69, 9.17) is 27.9 Å². The maximum absolute atomic E-state index is 12.1. The molecule has 0 bridgehead atoms. The van der Waals surface area contributed by atoms with Crippen LogP contribution >= 0.6 is 23.2 Å². The molecule has 118 valence electrons. The molecule has 1 aromatic rings. The number of ether oxygens (including phenoxy) is 1. The number of esters is 1. The third-order valence-corrected chi connectivity index (χ3v) is 4.11. The Morgan fingerprint density at radius 2 is 1.95 bits per heavy atom. The Balaban J connectivity index is 1.94. The molecule has 0 aromatic heterocycles. The first-order valence-corrected chi connectivity index (χ1v) is 7.85. The number of halogens is 2. The molecule has 1 aromatic carbocycles. The van der Waals surface area contributed by atoms with Gasteiger partial charge in [0, 0.05) is 0 Å². The van der Waals surface area contributed by atoms with Crippen molar-refractivity contribution in [2.24, 2.45) is 5.92 Å². The lowest BCUT2D eigenvalue weighted by Gasteiger charge is -2.20. The normalized spacial score (nSPS) is 18.6. The lowest BCUT2D eigenvalue weighted by atomic mass is 9.95. The molecule has 22 heavy (non-hydrogen) atoms. The highest BCUT2D eigenvalue weighted by Gasteiger charge is 2.25. The summed E-state index contributed by atoms with van der Waals surface area (Å²) >= 11 is 12.0. The van der Waals surface area contributed by atoms with Gasteiger partial charge in [-0.25, -0.2) is 0 Å². The number of amides is 1. The molecule has 0 radical (unpaired) electrons. The van der Waals surface area contributed by atoms with Crippen molar-refractivity contribution in [3.05, 3.63) is 40.4 Å². The van der Waals surface area contributed by atoms with Gasteiger partial charge < -0.3 is 10.1 Å². The van der Waals surface area contributed by atoms with Crippen LogP contribution in [0.2, 0.25) is 10.0 Å². The summed E-state index contributed by atoms with van der Waals surface area (Å²) in [6.07, 6.45) is 5.35. The van der Waals surface area contributed by atoms with Gasteiger partial charge in [0.2, 0.25) is 0 Å². The Morgan fingerprint density at radius 3 is 2.55 bits per heavy atom. The molecule has 0 aliphatic heterocycles. The van der Waals surface area contributed by atoms with E-state index >= 15 is 0 Å². The molecular weight excluding hydrogens is 325 g/mol. The number of para-hydroxylation sites is 1. The van der Waals surface area contributed by atoms with Gasteiger partial charge in [-0.15, -0.1) is 0 Å². The van der Waals surface area contributed by atoms with Crippen molar-refractivity contribution in [2.75, 3.05) is 5.32 Å². The highest BCUT2D eigenvalue weighted by Crippen LogP contribution is 2.30. The number of hydrogen-bond donors (Lipinski definition) is 1. The standard InChI is InChI=1S/C16H17Cl2NO3/c1-10(22-16(21)11-6-3-2-4-7-11)15(20)19-14-12(17)8-5-9-13(14)18/h2-3,5,8-11H,4,6-7H2,1H3,(H,19,20)/t10-,11+/m1/s1. The SMILES string of the molecule is C[C@@H](OC(=O)[C@H]1CC=CCC1)C(=O)Nc1c(Cl)cccc1Cl. The fraction of sp³-hybridized carbons (Fsp3) is 0.375. The van der Waals surface area contributed by atoms with E-state index in [1.54, 1.807) is 18.2 Å². The van der Waals surface area contributed by atoms with Crippen LogP contribution in [-0.2, 0) is 14.3 Å². The van der Waals surface area contributed by atoms with E-state index in [-0.39, 0.29) is 11.9 Å². The zero-order chi connectivity index (χ0) is 16.1. The number of carbonyl (C=O) groups excluding carboxylic acids is 2. The minimum atomic E-state index is -0.911. The first-order chi connectivity index (χ1) is 10.5. The van der Waals surface area contributed by atoms with Gasteiger partial charge in [0.25, 0.3) is 5.91 Å². The van der Waals surface area contributed by atoms with Gasteiger partial charge in [-0.1, -0.05) is 41.4 Å². The Labute approximate surface area is 139 Å². The highest BCUT2D eigenvalue weighted by molar-refractivity contribution is 6.39. The zero-order valence-corrected chi connectivity index (χ0v) is 13.7. The van der Waals surface area contributed by atoms with Gasteiger partial charge in [0.1, 0.15) is 0 Å². The third-order valence-electron chi connectivity index (χ3n) is 3.48. The van der Waals surface area contributed by atoms with E-state index in [1.807, 2.05) is 12.2 Å². The Kier molecular flexibility index (Phi) is 5.86. The summed E-state index contributed by atoms with van der Waals surface area (Å²) in [6, 6.07) is 4.92. The van der Waals surface area contributed by atoms with E-state index < -0.39 is 12.0 Å². The van der Waals surface area contributed by atoms with Crippen LogP contribution in [0.3, 0.4) is 0 Å². The second-order valence-electron chi connectivity index (χ2n) is 5.15. The lowest BCUT2D eigenvalue weighted by molar-refractivity contribution is -0.157. The third kappa shape index (κ3) is 4.24. The first-order valence-electron chi connectivity index (χ1n) is 7.09. The number of hydrogen-bond acceptors (Lipinski definition) is 3. The van der Waals surface area contributed by atoms with Gasteiger partial charge in [0.05, 0.1) is 21.7 Å². The second kappa shape index (κ2) is 7.65. The molecule has 1 amide bonds. The van der Waals surface area contributed by atoms with E-state index in [1.165, 1.54) is 6.92 Å². The van der Waals surface area contributed by atoms with Crippen molar-refractivity contribution in [1.29, 1.82) is 0 Å². The molecular formula is C16H17Cl2NO3. The van der Waals surface area contributed by atoms with Crippen molar-refractivity contribution in [3.63, 3.8) is 0 Å². The fourth-order valence-electron chi connectivity index (χ4n) is 2.17. The van der Waals surface area contributed by atoms with Crippen LogP contribution in [0.5, 0.6) is 0 Å². The summed E-state index contributed by atoms with van der Waals surface area (Å²) in [7, 11) is 0. The van der Waals surface area contributed by atoms with Gasteiger partial charge in [-0.05, 0) is 38.3 Å². The van der Waals surface area contributed by atoms with E-state index in [0.717, 1.165) is 12.8 Å². The number of rotatable bonds is 4. The molecule has 0 spiro atoms. The molecule has 4 nitrogen and oxygen atoms in total.